The van der Waals surface area contributed by atoms with Gasteiger partial charge in [0, 0.05) is 46.5 Å². The van der Waals surface area contributed by atoms with E-state index < -0.39 is 120 Å². The fourth-order valence-corrected chi connectivity index (χ4v) is 4.77. The maximum absolute atomic E-state index is 12.4. The number of ether oxygens (including phenoxy) is 10. The van der Waals surface area contributed by atoms with E-state index in [1.807, 2.05) is 0 Å². The van der Waals surface area contributed by atoms with Crippen molar-refractivity contribution in [3.8, 4) is 0 Å². The number of hydrogen-bond acceptors (Lipinski definition) is 18. The van der Waals surface area contributed by atoms with Crippen molar-refractivity contribution >= 4 is 76.5 Å². The zero-order valence-electron chi connectivity index (χ0n) is 26.7. The van der Waals surface area contributed by atoms with E-state index in [4.69, 9.17) is 87.6 Å². The van der Waals surface area contributed by atoms with Crippen LogP contribution in [0.25, 0.3) is 10.4 Å². The summed E-state index contributed by atoms with van der Waals surface area (Å²) in [5, 5.41) is 11.6. The summed E-state index contributed by atoms with van der Waals surface area (Å²) in [5.74, 6) is -6.36. The highest BCUT2D eigenvalue weighted by Gasteiger charge is 2.57. The van der Waals surface area contributed by atoms with Crippen molar-refractivity contribution < 1.29 is 76.1 Å². The van der Waals surface area contributed by atoms with E-state index in [0.717, 1.165) is 41.5 Å². The summed E-state index contributed by atoms with van der Waals surface area (Å²) in [4.78, 5) is 75.2. The zero-order chi connectivity index (χ0) is 37.2. The third-order valence-corrected chi connectivity index (χ3v) is 6.80. The first kappa shape index (κ1) is 41.5. The molecule has 0 aliphatic carbocycles. The largest absolute Gasteiger partial charge is 0.463 e. The molecule has 2 heterocycles. The van der Waals surface area contributed by atoms with Gasteiger partial charge in [-0.3, -0.25) is 34.2 Å². The van der Waals surface area contributed by atoms with Gasteiger partial charge in [-0.2, -0.15) is 0 Å². The van der Waals surface area contributed by atoms with Crippen LogP contribution in [0.1, 0.15) is 41.5 Å². The summed E-state index contributed by atoms with van der Waals surface area (Å²) in [7, 11) is 0. The first-order valence-electron chi connectivity index (χ1n) is 14.0. The lowest BCUT2D eigenvalue weighted by atomic mass is 9.95. The Morgan fingerprint density at radius 1 is 0.653 bits per heavy atom. The van der Waals surface area contributed by atoms with Crippen LogP contribution in [0.2, 0.25) is 0 Å². The summed E-state index contributed by atoms with van der Waals surface area (Å²) < 4.78 is 52.6. The van der Waals surface area contributed by atoms with Gasteiger partial charge in [-0.25, -0.2) is 0 Å². The summed E-state index contributed by atoms with van der Waals surface area (Å²) in [5.41, 5.74) is 9.38. The summed E-state index contributed by atoms with van der Waals surface area (Å²) >= 11 is 17.2. The molecule has 10 atom stereocenters. The van der Waals surface area contributed by atoms with Gasteiger partial charge in [0.15, 0.2) is 24.6 Å². The Morgan fingerprint density at radius 3 is 1.53 bits per heavy atom. The molecule has 23 heteroatoms. The molecule has 0 amide bonds. The van der Waals surface area contributed by atoms with Crippen molar-refractivity contribution in [2.45, 2.75) is 107 Å². The zero-order valence-corrected chi connectivity index (χ0v) is 29.0. The number of halogens is 3. The minimum atomic E-state index is -2.44. The molecular weight excluding hydrogens is 731 g/mol. The van der Waals surface area contributed by atoms with Gasteiger partial charge < -0.3 is 47.4 Å². The average molecular weight is 764 g/mol. The molecule has 2 saturated heterocycles. The Kier molecular flexibility index (Phi) is 15.6. The Balaban J connectivity index is 2.75. The van der Waals surface area contributed by atoms with E-state index in [9.17, 15) is 34.3 Å². The second kappa shape index (κ2) is 18.4. The number of nitrogens with zero attached hydrogens (tertiary/aromatic N) is 3. The summed E-state index contributed by atoms with van der Waals surface area (Å²) in [6.45, 7) is 4.83. The monoisotopic (exact) mass is 762 g/mol. The minimum Gasteiger partial charge on any atom is -0.463 e. The van der Waals surface area contributed by atoms with Crippen LogP contribution < -0.4 is 0 Å². The van der Waals surface area contributed by atoms with Gasteiger partial charge >= 0.3 is 35.8 Å². The van der Waals surface area contributed by atoms with Crippen LogP contribution in [0.15, 0.2) is 5.11 Å². The fraction of sp³-hybridized carbons (Fsp3) is 0.731. The molecule has 0 aromatic rings. The topological polar surface area (TPSA) is 267 Å². The molecule has 2 rings (SSSR count). The lowest BCUT2D eigenvalue weighted by molar-refractivity contribution is -0.345. The molecular formula is C26H33Cl3N4O16. The smallest absolute Gasteiger partial charge is 0.303 e. The second-order valence-corrected chi connectivity index (χ2v) is 12.5. The van der Waals surface area contributed by atoms with Crippen molar-refractivity contribution in [2.24, 2.45) is 5.11 Å². The van der Waals surface area contributed by atoms with Crippen molar-refractivity contribution in [1.29, 1.82) is 5.41 Å². The van der Waals surface area contributed by atoms with Crippen molar-refractivity contribution in [3.05, 3.63) is 10.4 Å². The maximum atomic E-state index is 12.4. The van der Waals surface area contributed by atoms with Gasteiger partial charge in [-0.1, -0.05) is 39.9 Å². The Labute approximate surface area is 293 Å². The first-order valence-corrected chi connectivity index (χ1v) is 15.2. The van der Waals surface area contributed by atoms with Gasteiger partial charge in [-0.05, 0) is 5.53 Å². The molecule has 1 N–H and O–H groups in total. The lowest BCUT2D eigenvalue weighted by Crippen LogP contribution is -2.66. The van der Waals surface area contributed by atoms with Crippen LogP contribution in [0.4, 0.5) is 0 Å². The third-order valence-electron chi connectivity index (χ3n) is 6.28. The first-order chi connectivity index (χ1) is 22.7. The second-order valence-electron chi connectivity index (χ2n) is 10.2. The van der Waals surface area contributed by atoms with Gasteiger partial charge in [0.05, 0.1) is 0 Å². The quantitative estimate of drug-likeness (QED) is 0.0433. The molecule has 0 radical (unpaired) electrons. The Hall–Kier alpha value is -3.65. The van der Waals surface area contributed by atoms with E-state index in [1.54, 1.807) is 0 Å². The van der Waals surface area contributed by atoms with Crippen LogP contribution in [0.5, 0.6) is 0 Å². The number of alkyl halides is 3. The highest BCUT2D eigenvalue weighted by atomic mass is 35.6. The van der Waals surface area contributed by atoms with E-state index in [1.165, 1.54) is 0 Å². The van der Waals surface area contributed by atoms with Crippen molar-refractivity contribution in [2.75, 3.05) is 13.2 Å². The number of azide groups is 1. The number of carbonyl (C=O) groups is 6. The molecule has 0 saturated carbocycles. The van der Waals surface area contributed by atoms with Gasteiger partial charge in [-0.15, -0.1) is 0 Å². The highest BCUT2D eigenvalue weighted by Crippen LogP contribution is 2.37. The molecule has 0 unspecified atom stereocenters. The molecule has 274 valence electrons. The molecule has 49 heavy (non-hydrogen) atoms. The van der Waals surface area contributed by atoms with Crippen LogP contribution in [-0.4, -0.2) is 120 Å². The Morgan fingerprint density at radius 2 is 1.08 bits per heavy atom. The number of rotatable bonds is 12. The molecule has 2 fully saturated rings. The van der Waals surface area contributed by atoms with Crippen LogP contribution in [0, 0.1) is 5.41 Å². The van der Waals surface area contributed by atoms with E-state index in [2.05, 4.69) is 10.0 Å². The Bertz CT molecular complexity index is 1330. The molecule has 0 aromatic carbocycles. The standard InChI is InChI=1S/C26H33Cl3N4O16/c1-9(34)40-7-15-18(20(43-12(4)37)17(32-33-31)23(46-15)49-25(30)26(27,28)29)48-24-22(45-14(6)39)21(44-13(5)38)19(42-11(3)36)16(47-24)8-41-10(2)35/h15-24,30H,7-8H2,1-6H3/t15-,16-,17-,18-,19+,20-,21+,22-,23-,24+/m1/s1. The van der Waals surface area contributed by atoms with Gasteiger partial charge in [0.25, 0.3) is 3.79 Å². The van der Waals surface area contributed by atoms with Crippen LogP contribution in [0.3, 0.4) is 0 Å². The number of nitrogens with one attached hydrogen (secondary N) is 1. The highest BCUT2D eigenvalue weighted by molar-refractivity contribution is 6.76. The molecule has 0 bridgehead atoms. The number of esters is 6. The molecule has 0 aromatic heterocycles. The van der Waals surface area contributed by atoms with Gasteiger partial charge in [0.2, 0.25) is 12.2 Å². The summed E-state index contributed by atoms with van der Waals surface area (Å²) in [6.07, 6.45) is -15.1. The predicted molar refractivity (Wildman–Crippen MR) is 160 cm³/mol. The fourth-order valence-electron chi connectivity index (χ4n) is 4.63. The maximum Gasteiger partial charge on any atom is 0.303 e. The van der Waals surface area contributed by atoms with Crippen LogP contribution >= 0.6 is 34.8 Å². The number of hydrogen-bond donors (Lipinski definition) is 1. The van der Waals surface area contributed by atoms with E-state index >= 15 is 0 Å². The van der Waals surface area contributed by atoms with E-state index in [0.29, 0.717) is 0 Å². The lowest BCUT2D eigenvalue weighted by Gasteiger charge is -2.48. The molecule has 2 aliphatic heterocycles. The molecule has 20 nitrogen and oxygen atoms in total. The normalized spacial score (nSPS) is 29.6. The van der Waals surface area contributed by atoms with Crippen molar-refractivity contribution in [3.63, 3.8) is 0 Å². The van der Waals surface area contributed by atoms with Crippen molar-refractivity contribution in [1.82, 2.24) is 0 Å². The third kappa shape index (κ3) is 12.6. The van der Waals surface area contributed by atoms with Gasteiger partial charge in [0.1, 0.15) is 43.7 Å². The molecule has 0 spiro atoms. The minimum absolute atomic E-state index is 0.612. The van der Waals surface area contributed by atoms with Crippen LogP contribution in [-0.2, 0) is 76.1 Å². The summed E-state index contributed by atoms with van der Waals surface area (Å²) in [6, 6.07) is -1.72. The SMILES string of the molecule is CC(=O)OC[C@H]1O[C@@H](O[C@H]2[C@H](OC(C)=O)[C@@H](N=[N+]=[N-])[C@@H](OC(=N)C(Cl)(Cl)Cl)O[C@@H]2COC(C)=O)[C@H](OC(C)=O)[C@@H](OC(C)=O)[C@H]1OC(C)=O. The predicted octanol–water partition coefficient (Wildman–Crippen LogP) is 1.72. The molecule has 2 aliphatic rings. The van der Waals surface area contributed by atoms with E-state index in [-0.39, 0.29) is 0 Å². The average Bonchev–Trinajstić information content (AvgIpc) is 2.95. The number of carbonyl (C=O) groups excluding carboxylic acids is 6.